The van der Waals surface area contributed by atoms with E-state index in [2.05, 4.69) is 0 Å². The van der Waals surface area contributed by atoms with Crippen molar-refractivity contribution in [2.45, 2.75) is 12.4 Å². The van der Waals surface area contributed by atoms with Crippen LogP contribution in [-0.2, 0) is 14.8 Å². The number of carbonyl (C=O) groups is 1. The summed E-state index contributed by atoms with van der Waals surface area (Å²) in [4.78, 5) is 10.1. The minimum atomic E-state index is -5.44. The molecule has 0 saturated carbocycles. The molecule has 0 heterocycles. The van der Waals surface area contributed by atoms with Crippen LogP contribution < -0.4 is 4.72 Å². The molecule has 0 bridgehead atoms. The molecule has 2 N–H and O–H groups in total. The van der Waals surface area contributed by atoms with Gasteiger partial charge in [-0.2, -0.15) is 13.2 Å². The lowest BCUT2D eigenvalue weighted by molar-refractivity contribution is -0.140. The molecule has 0 aliphatic carbocycles. The molecule has 0 rings (SSSR count). The van der Waals surface area contributed by atoms with Gasteiger partial charge in [-0.15, -0.1) is 0 Å². The number of halogens is 3. The third kappa shape index (κ3) is 3.50. The summed E-state index contributed by atoms with van der Waals surface area (Å²) < 4.78 is 56.9. The number of rotatable bonds is 4. The summed E-state index contributed by atoms with van der Waals surface area (Å²) in [5, 5.41) is 8.27. The summed E-state index contributed by atoms with van der Waals surface area (Å²) in [7, 11) is -5.44. The van der Waals surface area contributed by atoms with Crippen molar-refractivity contribution in [3.63, 3.8) is 0 Å². The number of nitrogens with one attached hydrogen (secondary N) is 1. The third-order valence-corrected chi connectivity index (χ3v) is 2.46. The maximum absolute atomic E-state index is 11.7. The van der Waals surface area contributed by atoms with Crippen molar-refractivity contribution in [3.05, 3.63) is 0 Å². The molecule has 0 aliphatic rings. The molecule has 1 atom stereocenters. The lowest BCUT2D eigenvalue weighted by Crippen LogP contribution is -2.39. The van der Waals surface area contributed by atoms with Crippen molar-refractivity contribution >= 4 is 16.0 Å². The van der Waals surface area contributed by atoms with Gasteiger partial charge < -0.3 is 5.11 Å². The number of hydrogen-bond donors (Lipinski definition) is 2. The van der Waals surface area contributed by atoms with Crippen LogP contribution in [0.15, 0.2) is 0 Å². The Morgan fingerprint density at radius 1 is 1.50 bits per heavy atom. The highest BCUT2D eigenvalue weighted by molar-refractivity contribution is 7.90. The van der Waals surface area contributed by atoms with E-state index in [0.717, 1.165) is 11.6 Å². The van der Waals surface area contributed by atoms with Crippen LogP contribution in [0.2, 0.25) is 0 Å². The molecular weight excluding hydrogens is 227 g/mol. The smallest absolute Gasteiger partial charge is 0.481 e. The Kier molecular flexibility index (Phi) is 3.89. The van der Waals surface area contributed by atoms with Gasteiger partial charge in [0.1, 0.15) is 0 Å². The van der Waals surface area contributed by atoms with Crippen LogP contribution in [0.25, 0.3) is 0 Å². The van der Waals surface area contributed by atoms with E-state index in [4.69, 9.17) is 5.11 Å². The number of hydrogen-bond acceptors (Lipinski definition) is 3. The Hall–Kier alpha value is -0.830. The average Bonchev–Trinajstić information content (AvgIpc) is 1.97. The molecule has 0 aliphatic heterocycles. The van der Waals surface area contributed by atoms with Crippen LogP contribution in [0.5, 0.6) is 0 Å². The Morgan fingerprint density at radius 2 is 1.93 bits per heavy atom. The van der Waals surface area contributed by atoms with Crippen LogP contribution in [-0.4, -0.2) is 31.5 Å². The monoisotopic (exact) mass is 235 g/mol. The van der Waals surface area contributed by atoms with E-state index in [-0.39, 0.29) is 0 Å². The van der Waals surface area contributed by atoms with Gasteiger partial charge in [0.2, 0.25) is 0 Å². The van der Waals surface area contributed by atoms with Gasteiger partial charge in [-0.1, -0.05) is 6.92 Å². The standard InChI is InChI=1S/C5H8F3NO4S/c1-3(4(10)11)2-9-14(12,13)5(6,7)8/h3,9H,2H2,1H3,(H,10,11). The lowest BCUT2D eigenvalue weighted by atomic mass is 10.2. The van der Waals surface area contributed by atoms with Gasteiger partial charge in [-0.05, 0) is 0 Å². The lowest BCUT2D eigenvalue weighted by Gasteiger charge is -2.10. The summed E-state index contributed by atoms with van der Waals surface area (Å²) in [6, 6.07) is 0. The second-order valence-electron chi connectivity index (χ2n) is 2.54. The van der Waals surface area contributed by atoms with E-state index in [0.29, 0.717) is 0 Å². The first-order valence-electron chi connectivity index (χ1n) is 3.36. The highest BCUT2D eigenvalue weighted by Gasteiger charge is 2.45. The molecule has 1 unspecified atom stereocenters. The molecular formula is C5H8F3NO4S. The first-order chi connectivity index (χ1) is 6.08. The van der Waals surface area contributed by atoms with Crippen molar-refractivity contribution < 1.29 is 31.5 Å². The molecule has 0 aromatic rings. The van der Waals surface area contributed by atoms with Gasteiger partial charge in [0.05, 0.1) is 5.92 Å². The predicted molar refractivity (Wildman–Crippen MR) is 39.8 cm³/mol. The number of carboxylic acid groups (broad SMARTS) is 1. The molecule has 0 spiro atoms. The first-order valence-corrected chi connectivity index (χ1v) is 4.85. The van der Waals surface area contributed by atoms with E-state index < -0.39 is 34.0 Å². The van der Waals surface area contributed by atoms with Gasteiger partial charge in [0.25, 0.3) is 0 Å². The van der Waals surface area contributed by atoms with Gasteiger partial charge in [-0.25, -0.2) is 13.1 Å². The van der Waals surface area contributed by atoms with Crippen LogP contribution >= 0.6 is 0 Å². The molecule has 0 aromatic carbocycles. The van der Waals surface area contributed by atoms with Crippen molar-refractivity contribution in [2.24, 2.45) is 5.92 Å². The second kappa shape index (κ2) is 4.13. The van der Waals surface area contributed by atoms with Crippen molar-refractivity contribution in [3.8, 4) is 0 Å². The fourth-order valence-electron chi connectivity index (χ4n) is 0.404. The second-order valence-corrected chi connectivity index (χ2v) is 4.30. The summed E-state index contributed by atoms with van der Waals surface area (Å²) in [6.45, 7) is 0.290. The number of aliphatic carboxylic acids is 1. The molecule has 14 heavy (non-hydrogen) atoms. The first kappa shape index (κ1) is 13.2. The maximum Gasteiger partial charge on any atom is 0.511 e. The Bertz CT molecular complexity index is 309. The predicted octanol–water partition coefficient (Wildman–Crippen LogP) is 0.146. The largest absolute Gasteiger partial charge is 0.511 e. The van der Waals surface area contributed by atoms with E-state index in [1.807, 2.05) is 0 Å². The summed E-state index contributed by atoms with van der Waals surface area (Å²) in [5.74, 6) is -2.60. The number of carboxylic acids is 1. The summed E-state index contributed by atoms with van der Waals surface area (Å²) >= 11 is 0. The highest BCUT2D eigenvalue weighted by Crippen LogP contribution is 2.21. The van der Waals surface area contributed by atoms with Crippen LogP contribution in [0.4, 0.5) is 13.2 Å². The molecule has 0 radical (unpaired) electrons. The SMILES string of the molecule is CC(CNS(=O)(=O)C(F)(F)F)C(=O)O. The fraction of sp³-hybridized carbons (Fsp3) is 0.800. The molecule has 0 amide bonds. The zero-order chi connectivity index (χ0) is 11.6. The van der Waals surface area contributed by atoms with Crippen molar-refractivity contribution in [1.29, 1.82) is 0 Å². The van der Waals surface area contributed by atoms with Crippen LogP contribution in [0.3, 0.4) is 0 Å². The fourth-order valence-corrected chi connectivity index (χ4v) is 1.04. The number of alkyl halides is 3. The average molecular weight is 235 g/mol. The summed E-state index contributed by atoms with van der Waals surface area (Å²) in [5.41, 5.74) is -5.41. The topological polar surface area (TPSA) is 83.5 Å². The van der Waals surface area contributed by atoms with Gasteiger partial charge in [0, 0.05) is 6.54 Å². The minimum Gasteiger partial charge on any atom is -0.481 e. The van der Waals surface area contributed by atoms with Crippen molar-refractivity contribution in [2.75, 3.05) is 6.54 Å². The zero-order valence-corrected chi connectivity index (χ0v) is 7.82. The molecule has 5 nitrogen and oxygen atoms in total. The van der Waals surface area contributed by atoms with Gasteiger partial charge >= 0.3 is 21.5 Å². The maximum atomic E-state index is 11.7. The molecule has 0 fully saturated rings. The Labute approximate surface area is 78.0 Å². The Morgan fingerprint density at radius 3 is 2.21 bits per heavy atom. The van der Waals surface area contributed by atoms with E-state index in [1.54, 1.807) is 0 Å². The van der Waals surface area contributed by atoms with E-state index in [9.17, 15) is 26.4 Å². The molecule has 0 aromatic heterocycles. The zero-order valence-electron chi connectivity index (χ0n) is 7.00. The van der Waals surface area contributed by atoms with Gasteiger partial charge in [-0.3, -0.25) is 4.79 Å². The van der Waals surface area contributed by atoms with Gasteiger partial charge in [0.15, 0.2) is 0 Å². The van der Waals surface area contributed by atoms with Crippen LogP contribution in [0, 0.1) is 5.92 Å². The van der Waals surface area contributed by atoms with E-state index in [1.165, 1.54) is 0 Å². The van der Waals surface area contributed by atoms with Crippen LogP contribution in [0.1, 0.15) is 6.92 Å². The highest BCUT2D eigenvalue weighted by atomic mass is 32.2. The summed E-state index contributed by atoms with van der Waals surface area (Å²) in [6.07, 6.45) is 0. The quantitative estimate of drug-likeness (QED) is 0.726. The molecule has 0 saturated heterocycles. The van der Waals surface area contributed by atoms with Crippen molar-refractivity contribution in [1.82, 2.24) is 4.72 Å². The van der Waals surface area contributed by atoms with E-state index >= 15 is 0 Å². The number of sulfonamides is 1. The normalized spacial score (nSPS) is 15.1. The third-order valence-electron chi connectivity index (χ3n) is 1.31. The molecule has 84 valence electrons. The molecule has 9 heteroatoms. The minimum absolute atomic E-state index is 0.794. The Balaban J connectivity index is 4.36.